The van der Waals surface area contributed by atoms with E-state index in [2.05, 4.69) is 0 Å². The number of carboxylic acids is 1. The highest BCUT2D eigenvalue weighted by Crippen LogP contribution is 2.43. The minimum Gasteiger partial charge on any atom is -0.481 e. The summed E-state index contributed by atoms with van der Waals surface area (Å²) in [4.78, 5) is 84.2. The molecule has 1 aliphatic carbocycles. The minimum atomic E-state index is -1.77. The highest BCUT2D eigenvalue weighted by atomic mass is 16.7. The normalized spacial score (nSPS) is 34.6. The number of aliphatic carboxylic acids is 1. The number of rotatable bonds is 9. The van der Waals surface area contributed by atoms with Gasteiger partial charge in [-0.25, -0.2) is 0 Å². The Balaban J connectivity index is 2.07. The molecule has 3 fully saturated rings. The first-order chi connectivity index (χ1) is 18.7. The Morgan fingerprint density at radius 2 is 1.27 bits per heavy atom. The summed E-state index contributed by atoms with van der Waals surface area (Å²) < 4.78 is 43.4. The van der Waals surface area contributed by atoms with E-state index in [-0.39, 0.29) is 6.42 Å². The maximum atomic E-state index is 12.4. The highest BCUT2D eigenvalue weighted by molar-refractivity contribution is 5.84. The van der Waals surface area contributed by atoms with Crippen LogP contribution in [-0.2, 0) is 71.5 Å². The highest BCUT2D eigenvalue weighted by Gasteiger charge is 2.61. The van der Waals surface area contributed by atoms with E-state index in [1.165, 1.54) is 0 Å². The molecular formula is C24H30O16. The number of hydrogen-bond donors (Lipinski definition) is 1. The van der Waals surface area contributed by atoms with Crippen molar-refractivity contribution in [3.05, 3.63) is 0 Å². The Bertz CT molecular complexity index is 1050. The number of fused-ring (bicyclic) bond motifs is 2. The molecule has 16 heteroatoms. The number of carbonyl (C=O) groups excluding carboxylic acids is 6. The zero-order valence-corrected chi connectivity index (χ0v) is 22.3. The van der Waals surface area contributed by atoms with Gasteiger partial charge < -0.3 is 43.0 Å². The number of carbonyl (C=O) groups is 7. The molecule has 2 bridgehead atoms. The van der Waals surface area contributed by atoms with Gasteiger partial charge in [0.1, 0.15) is 30.8 Å². The lowest BCUT2D eigenvalue weighted by molar-refractivity contribution is -0.329. The molecule has 0 radical (unpaired) electrons. The molecule has 222 valence electrons. The summed E-state index contributed by atoms with van der Waals surface area (Å²) in [7, 11) is 0. The van der Waals surface area contributed by atoms with Gasteiger partial charge in [0.2, 0.25) is 0 Å². The lowest BCUT2D eigenvalue weighted by Gasteiger charge is -2.46. The van der Waals surface area contributed by atoms with E-state index in [4.69, 9.17) is 37.9 Å². The molecule has 3 aliphatic rings. The summed E-state index contributed by atoms with van der Waals surface area (Å²) in [6, 6.07) is 0. The van der Waals surface area contributed by atoms with Crippen molar-refractivity contribution in [2.45, 2.75) is 90.1 Å². The van der Waals surface area contributed by atoms with E-state index in [1.54, 1.807) is 0 Å². The monoisotopic (exact) mass is 574 g/mol. The average Bonchev–Trinajstić information content (AvgIpc) is 3.14. The maximum absolute atomic E-state index is 12.4. The molecule has 1 N–H and O–H groups in total. The van der Waals surface area contributed by atoms with Crippen molar-refractivity contribution in [1.29, 1.82) is 0 Å². The number of ether oxygens (including phenoxy) is 8. The predicted octanol–water partition coefficient (Wildman–Crippen LogP) is -0.967. The Kier molecular flexibility index (Phi) is 9.68. The van der Waals surface area contributed by atoms with Gasteiger partial charge in [-0.1, -0.05) is 0 Å². The summed E-state index contributed by atoms with van der Waals surface area (Å²) in [5.41, 5.74) is 0. The van der Waals surface area contributed by atoms with E-state index in [0.717, 1.165) is 34.6 Å². The summed E-state index contributed by atoms with van der Waals surface area (Å²) in [5, 5.41) is 10.0. The van der Waals surface area contributed by atoms with E-state index in [9.17, 15) is 38.7 Å². The molecule has 2 heterocycles. The van der Waals surface area contributed by atoms with Gasteiger partial charge in [-0.3, -0.25) is 33.6 Å². The van der Waals surface area contributed by atoms with Crippen LogP contribution in [0.25, 0.3) is 0 Å². The van der Waals surface area contributed by atoms with Crippen LogP contribution >= 0.6 is 0 Å². The van der Waals surface area contributed by atoms with E-state index in [0.29, 0.717) is 0 Å². The fraction of sp³-hybridized carbons (Fsp3) is 0.708. The molecule has 0 amide bonds. The molecule has 10 atom stereocenters. The molecule has 0 aromatic rings. The molecule has 2 aliphatic heterocycles. The molecule has 2 saturated heterocycles. The van der Waals surface area contributed by atoms with Gasteiger partial charge in [0, 0.05) is 41.0 Å². The third-order valence-corrected chi connectivity index (χ3v) is 6.36. The number of hydrogen-bond acceptors (Lipinski definition) is 15. The predicted molar refractivity (Wildman–Crippen MR) is 121 cm³/mol. The van der Waals surface area contributed by atoms with Gasteiger partial charge >= 0.3 is 41.8 Å². The summed E-state index contributed by atoms with van der Waals surface area (Å²) in [6.07, 6.45) is -12.0. The fourth-order valence-corrected chi connectivity index (χ4v) is 5.03. The van der Waals surface area contributed by atoms with Gasteiger partial charge in [0.15, 0.2) is 30.7 Å². The van der Waals surface area contributed by atoms with E-state index >= 15 is 0 Å². The topological polar surface area (TPSA) is 214 Å². The average molecular weight is 574 g/mol. The van der Waals surface area contributed by atoms with Crippen LogP contribution < -0.4 is 0 Å². The summed E-state index contributed by atoms with van der Waals surface area (Å²) in [5.74, 6) is -9.28. The van der Waals surface area contributed by atoms with Gasteiger partial charge in [0.05, 0.1) is 5.92 Å². The van der Waals surface area contributed by atoms with Crippen molar-refractivity contribution in [2.75, 3.05) is 6.61 Å². The van der Waals surface area contributed by atoms with Crippen molar-refractivity contribution < 1.29 is 76.6 Å². The second-order valence-electron chi connectivity index (χ2n) is 9.42. The van der Waals surface area contributed by atoms with Crippen molar-refractivity contribution >= 4 is 41.8 Å². The second-order valence-corrected chi connectivity index (χ2v) is 9.42. The van der Waals surface area contributed by atoms with Crippen LogP contribution in [0.2, 0.25) is 0 Å². The smallest absolute Gasteiger partial charge is 0.310 e. The molecule has 40 heavy (non-hydrogen) atoms. The van der Waals surface area contributed by atoms with Crippen LogP contribution in [0.3, 0.4) is 0 Å². The standard InChI is InChI=1S/C24H30O16/c1-8(25)33-7-15-18(35-10(3)27)20(36-11(4)28)21(37-12(5)29)24(39-15)40-19-16(22(30)31)13-6-14(38-23(13)32)17(19)34-9(2)26/h13-21,24H,6-7H2,1-5H3,(H,30,31)/t13-,14+,15-,16-,17-,18-,19-,20+,21-,24+/m1/s1. The summed E-state index contributed by atoms with van der Waals surface area (Å²) >= 11 is 0. The second kappa shape index (κ2) is 12.6. The molecule has 16 nitrogen and oxygen atoms in total. The molecule has 0 spiro atoms. The van der Waals surface area contributed by atoms with Crippen LogP contribution in [0.5, 0.6) is 0 Å². The first-order valence-electron chi connectivity index (χ1n) is 12.3. The number of esters is 6. The van der Waals surface area contributed by atoms with Crippen LogP contribution in [0, 0.1) is 11.8 Å². The SMILES string of the molecule is CC(=O)OC[C@H]1O[C@@H](O[C@H]2[C@H](OC(C)=O)[C@@H]3C[C@@H](C(=O)O3)[C@H]2C(=O)O)[C@H](OC(C)=O)[C@@H](OC(C)=O)[C@@H]1OC(C)=O. The number of carboxylic acid groups (broad SMARTS) is 1. The molecule has 3 rings (SSSR count). The third kappa shape index (κ3) is 7.04. The Hall–Kier alpha value is -3.79. The largest absolute Gasteiger partial charge is 0.481 e. The zero-order chi connectivity index (χ0) is 29.9. The van der Waals surface area contributed by atoms with Crippen LogP contribution in [0.4, 0.5) is 0 Å². The molecule has 0 unspecified atom stereocenters. The van der Waals surface area contributed by atoms with Gasteiger partial charge in [-0.2, -0.15) is 0 Å². The molecule has 0 aromatic heterocycles. The van der Waals surface area contributed by atoms with Gasteiger partial charge in [-0.15, -0.1) is 0 Å². The fourth-order valence-electron chi connectivity index (χ4n) is 5.03. The van der Waals surface area contributed by atoms with Gasteiger partial charge in [0.25, 0.3) is 0 Å². The lowest BCUT2D eigenvalue weighted by atomic mass is 9.76. The van der Waals surface area contributed by atoms with Crippen LogP contribution in [0.1, 0.15) is 41.0 Å². The van der Waals surface area contributed by atoms with Crippen molar-refractivity contribution in [1.82, 2.24) is 0 Å². The minimum absolute atomic E-state index is 0.0633. The Morgan fingerprint density at radius 1 is 0.750 bits per heavy atom. The van der Waals surface area contributed by atoms with Gasteiger partial charge in [-0.05, 0) is 0 Å². The van der Waals surface area contributed by atoms with Crippen molar-refractivity contribution in [3.63, 3.8) is 0 Å². The quantitative estimate of drug-likeness (QED) is 0.259. The third-order valence-electron chi connectivity index (χ3n) is 6.36. The molecule has 1 saturated carbocycles. The zero-order valence-electron chi connectivity index (χ0n) is 22.3. The maximum Gasteiger partial charge on any atom is 0.310 e. The lowest BCUT2D eigenvalue weighted by Crippen LogP contribution is -2.65. The first-order valence-corrected chi connectivity index (χ1v) is 12.3. The molecular weight excluding hydrogens is 544 g/mol. The van der Waals surface area contributed by atoms with Crippen LogP contribution in [-0.4, -0.2) is 103 Å². The van der Waals surface area contributed by atoms with Crippen molar-refractivity contribution in [3.8, 4) is 0 Å². The molecule has 0 aromatic carbocycles. The van der Waals surface area contributed by atoms with E-state index < -0.39 is 109 Å². The van der Waals surface area contributed by atoms with E-state index in [1.807, 2.05) is 0 Å². The van der Waals surface area contributed by atoms with Crippen LogP contribution in [0.15, 0.2) is 0 Å². The van der Waals surface area contributed by atoms with Crippen molar-refractivity contribution in [2.24, 2.45) is 11.8 Å². The Morgan fingerprint density at radius 3 is 1.80 bits per heavy atom. The summed E-state index contributed by atoms with van der Waals surface area (Å²) in [6.45, 7) is 4.70. The first kappa shape index (κ1) is 30.7. The Labute approximate surface area is 227 Å².